The number of aliphatic hydroxyl groups excluding tert-OH is 1. The van der Waals surface area contributed by atoms with Crippen molar-refractivity contribution in [2.24, 2.45) is 4.99 Å². The summed E-state index contributed by atoms with van der Waals surface area (Å²) in [5.41, 5.74) is 7.62. The van der Waals surface area contributed by atoms with Crippen molar-refractivity contribution >= 4 is 39.8 Å². The molecule has 0 spiro atoms. The Morgan fingerprint density at radius 1 is 0.800 bits per heavy atom. The standard InChI is InChI=1S/C42H32ClN5O2/c43-34-18-10-11-29(23-34)38(27-49)46-41(50)37-24-30-25-39-35(26-36(30)45-37)40(28-19-21-44-22-20-28)47-48(39)42(31-12-4-1-5-13-31,32-14-6-2-7-15-32)33-16-8-3-9-17-33/h1-23,25-26,38,49H,24,27H2,(H,46,50)/t38-/m1/s1. The molecule has 0 bridgehead atoms. The van der Waals surface area contributed by atoms with Gasteiger partial charge in [0.25, 0.3) is 5.91 Å². The Morgan fingerprint density at radius 2 is 1.42 bits per heavy atom. The number of halogens is 1. The van der Waals surface area contributed by atoms with Crippen LogP contribution in [-0.4, -0.2) is 38.1 Å². The van der Waals surface area contributed by atoms with E-state index in [0.717, 1.165) is 50.0 Å². The van der Waals surface area contributed by atoms with Crippen LogP contribution in [0.3, 0.4) is 0 Å². The van der Waals surface area contributed by atoms with Crippen LogP contribution in [0.15, 0.2) is 157 Å². The largest absolute Gasteiger partial charge is 0.394 e. The van der Waals surface area contributed by atoms with E-state index in [4.69, 9.17) is 21.7 Å². The number of rotatable bonds is 9. The molecule has 3 heterocycles. The van der Waals surface area contributed by atoms with E-state index in [0.29, 0.717) is 22.8 Å². The highest BCUT2D eigenvalue weighted by molar-refractivity contribution is 6.41. The van der Waals surface area contributed by atoms with Crippen LogP contribution in [0.5, 0.6) is 0 Å². The molecule has 1 amide bonds. The van der Waals surface area contributed by atoms with Gasteiger partial charge in [-0.2, -0.15) is 5.10 Å². The fraction of sp³-hybridized carbons (Fsp3) is 0.0952. The van der Waals surface area contributed by atoms with Crippen molar-refractivity contribution in [3.8, 4) is 11.3 Å². The first-order valence-electron chi connectivity index (χ1n) is 16.4. The summed E-state index contributed by atoms with van der Waals surface area (Å²) < 4.78 is 2.14. The second-order valence-electron chi connectivity index (χ2n) is 12.3. The van der Waals surface area contributed by atoms with Gasteiger partial charge in [-0.15, -0.1) is 0 Å². The molecule has 7 aromatic rings. The molecule has 1 atom stereocenters. The number of nitrogens with zero attached hydrogens (tertiary/aromatic N) is 4. The number of amides is 1. The zero-order valence-corrected chi connectivity index (χ0v) is 27.7. The third-order valence-electron chi connectivity index (χ3n) is 9.34. The van der Waals surface area contributed by atoms with Gasteiger partial charge in [-0.1, -0.05) is 115 Å². The fourth-order valence-electron chi connectivity index (χ4n) is 7.02. The number of fused-ring (bicyclic) bond motifs is 2. The van der Waals surface area contributed by atoms with E-state index in [-0.39, 0.29) is 12.5 Å². The molecule has 8 rings (SSSR count). The fourth-order valence-corrected chi connectivity index (χ4v) is 7.22. The number of carbonyl (C=O) groups excluding carboxylic acids is 1. The minimum Gasteiger partial charge on any atom is -0.394 e. The molecule has 0 aliphatic carbocycles. The molecular weight excluding hydrogens is 642 g/mol. The monoisotopic (exact) mass is 673 g/mol. The van der Waals surface area contributed by atoms with Crippen LogP contribution >= 0.6 is 11.6 Å². The first-order valence-corrected chi connectivity index (χ1v) is 16.8. The minimum absolute atomic E-state index is 0.276. The van der Waals surface area contributed by atoms with Crippen LogP contribution in [0, 0.1) is 0 Å². The van der Waals surface area contributed by atoms with E-state index in [1.807, 2.05) is 42.5 Å². The van der Waals surface area contributed by atoms with Crippen molar-refractivity contribution in [3.05, 3.63) is 185 Å². The Hall–Kier alpha value is -5.89. The Labute approximate surface area is 294 Å². The second kappa shape index (κ2) is 13.2. The van der Waals surface area contributed by atoms with Gasteiger partial charge in [-0.25, -0.2) is 9.67 Å². The minimum atomic E-state index is -0.855. The molecule has 2 aromatic heterocycles. The van der Waals surface area contributed by atoms with Gasteiger partial charge in [0.1, 0.15) is 16.9 Å². The maximum atomic E-state index is 13.6. The molecule has 2 N–H and O–H groups in total. The number of benzene rings is 5. The quantitative estimate of drug-likeness (QED) is 0.152. The van der Waals surface area contributed by atoms with E-state index < -0.39 is 11.6 Å². The van der Waals surface area contributed by atoms with E-state index in [1.54, 1.807) is 30.6 Å². The lowest BCUT2D eigenvalue weighted by Gasteiger charge is -2.37. The smallest absolute Gasteiger partial charge is 0.266 e. The normalized spacial score (nSPS) is 13.1. The van der Waals surface area contributed by atoms with E-state index in [9.17, 15) is 9.90 Å². The summed E-state index contributed by atoms with van der Waals surface area (Å²) in [6.45, 7) is -0.276. The molecule has 50 heavy (non-hydrogen) atoms. The zero-order valence-electron chi connectivity index (χ0n) is 26.9. The highest BCUT2D eigenvalue weighted by Crippen LogP contribution is 2.45. The SMILES string of the molecule is O=C(N[C@H](CO)c1cccc(Cl)c1)C1=Nc2cc3c(-c4ccncc4)nn(C(c4ccccc4)(c4ccccc4)c4ccccc4)c3cc2C1. The molecular formula is C42H32ClN5O2. The first-order chi connectivity index (χ1) is 24.6. The van der Waals surface area contributed by atoms with Crippen molar-refractivity contribution in [2.45, 2.75) is 18.0 Å². The number of carbonyl (C=O) groups is 1. The maximum absolute atomic E-state index is 13.6. The van der Waals surface area contributed by atoms with Gasteiger partial charge in [0.05, 0.1) is 23.9 Å². The summed E-state index contributed by atoms with van der Waals surface area (Å²) in [4.78, 5) is 22.7. The Balaban J connectivity index is 1.32. The topological polar surface area (TPSA) is 92.4 Å². The van der Waals surface area contributed by atoms with Gasteiger partial charge < -0.3 is 10.4 Å². The Morgan fingerprint density at radius 3 is 2.00 bits per heavy atom. The van der Waals surface area contributed by atoms with E-state index in [1.165, 1.54) is 0 Å². The molecule has 244 valence electrons. The van der Waals surface area contributed by atoms with Gasteiger partial charge in [0.15, 0.2) is 0 Å². The lowest BCUT2D eigenvalue weighted by atomic mass is 9.77. The molecule has 0 unspecified atom stereocenters. The summed E-state index contributed by atoms with van der Waals surface area (Å²) >= 11 is 6.20. The van der Waals surface area contributed by atoms with Gasteiger partial charge in [-0.3, -0.25) is 9.78 Å². The van der Waals surface area contributed by atoms with E-state index >= 15 is 0 Å². The molecule has 5 aromatic carbocycles. The number of hydrogen-bond acceptors (Lipinski definition) is 5. The highest BCUT2D eigenvalue weighted by Gasteiger charge is 2.41. The van der Waals surface area contributed by atoms with Crippen LogP contribution in [0.4, 0.5) is 5.69 Å². The maximum Gasteiger partial charge on any atom is 0.266 e. The average Bonchev–Trinajstić information content (AvgIpc) is 3.76. The highest BCUT2D eigenvalue weighted by atomic mass is 35.5. The molecule has 0 radical (unpaired) electrons. The van der Waals surface area contributed by atoms with Gasteiger partial charge in [0, 0.05) is 34.8 Å². The van der Waals surface area contributed by atoms with Crippen molar-refractivity contribution in [1.29, 1.82) is 0 Å². The molecule has 0 fully saturated rings. The van der Waals surface area contributed by atoms with E-state index in [2.05, 4.69) is 93.8 Å². The summed E-state index contributed by atoms with van der Waals surface area (Å²) in [5.74, 6) is -0.340. The van der Waals surface area contributed by atoms with Crippen molar-refractivity contribution in [1.82, 2.24) is 20.1 Å². The van der Waals surface area contributed by atoms with Crippen LogP contribution in [-0.2, 0) is 16.8 Å². The lowest BCUT2D eigenvalue weighted by Crippen LogP contribution is -2.38. The summed E-state index contributed by atoms with van der Waals surface area (Å²) in [6, 6.07) is 45.9. The third-order valence-corrected chi connectivity index (χ3v) is 9.58. The van der Waals surface area contributed by atoms with Crippen LogP contribution in [0.1, 0.15) is 33.9 Å². The van der Waals surface area contributed by atoms with Gasteiger partial charge >= 0.3 is 0 Å². The number of pyridine rings is 1. The van der Waals surface area contributed by atoms with Gasteiger partial charge in [0.2, 0.25) is 0 Å². The Bertz CT molecular complexity index is 2250. The number of hydrogen-bond donors (Lipinski definition) is 2. The van der Waals surface area contributed by atoms with Gasteiger partial charge in [-0.05, 0) is 64.2 Å². The zero-order chi connectivity index (χ0) is 34.1. The number of aromatic nitrogens is 3. The molecule has 8 heteroatoms. The van der Waals surface area contributed by atoms with Crippen LogP contribution < -0.4 is 5.32 Å². The molecule has 1 aliphatic heterocycles. The second-order valence-corrected chi connectivity index (χ2v) is 12.7. The Kier molecular flexibility index (Phi) is 8.28. The predicted octanol–water partition coefficient (Wildman–Crippen LogP) is 8.07. The molecule has 0 saturated heterocycles. The average molecular weight is 674 g/mol. The molecule has 0 saturated carbocycles. The summed E-state index contributed by atoms with van der Waals surface area (Å²) in [6.07, 6.45) is 3.87. The third kappa shape index (κ3) is 5.47. The molecule has 7 nitrogen and oxygen atoms in total. The first kappa shape index (κ1) is 31.4. The summed E-state index contributed by atoms with van der Waals surface area (Å²) in [7, 11) is 0. The van der Waals surface area contributed by atoms with Crippen molar-refractivity contribution in [3.63, 3.8) is 0 Å². The van der Waals surface area contributed by atoms with Crippen molar-refractivity contribution < 1.29 is 9.90 Å². The predicted molar refractivity (Wildman–Crippen MR) is 198 cm³/mol. The molecule has 1 aliphatic rings. The van der Waals surface area contributed by atoms with Crippen LogP contribution in [0.25, 0.3) is 22.2 Å². The van der Waals surface area contributed by atoms with Crippen LogP contribution in [0.2, 0.25) is 5.02 Å². The lowest BCUT2D eigenvalue weighted by molar-refractivity contribution is -0.115. The van der Waals surface area contributed by atoms with Crippen molar-refractivity contribution in [2.75, 3.05) is 6.61 Å². The number of aliphatic imine (C=N–C) groups is 1. The number of aliphatic hydroxyl groups is 1. The number of nitrogens with one attached hydrogen (secondary N) is 1. The summed E-state index contributed by atoms with van der Waals surface area (Å²) in [5, 5.41) is 20.0.